The average Bonchev–Trinajstić information content (AvgIpc) is 3.18. The minimum Gasteiger partial charge on any atom is -0.493 e. The summed E-state index contributed by atoms with van der Waals surface area (Å²) in [6.45, 7) is 6.05. The van der Waals surface area contributed by atoms with Crippen LogP contribution in [0.25, 0.3) is 0 Å². The fourth-order valence-corrected chi connectivity index (χ4v) is 4.63. The summed E-state index contributed by atoms with van der Waals surface area (Å²) in [6.07, 6.45) is 4.11. The Kier molecular flexibility index (Phi) is 7.87. The highest BCUT2D eigenvalue weighted by molar-refractivity contribution is 5.98. The number of likely N-dealkylation sites (tertiary alicyclic amines) is 1. The topological polar surface area (TPSA) is 86.3 Å². The van der Waals surface area contributed by atoms with E-state index in [0.717, 1.165) is 38.8 Å². The molecule has 3 rings (SSSR count). The van der Waals surface area contributed by atoms with Crippen molar-refractivity contribution in [2.75, 3.05) is 41.0 Å². The van der Waals surface area contributed by atoms with E-state index in [0.29, 0.717) is 41.7 Å². The van der Waals surface area contributed by atoms with Crippen LogP contribution >= 0.6 is 0 Å². The maximum Gasteiger partial charge on any atom is 0.255 e. The van der Waals surface area contributed by atoms with Crippen molar-refractivity contribution >= 4 is 11.8 Å². The normalized spacial score (nSPS) is 19.8. The number of hydrogen-bond donors (Lipinski definition) is 1. The van der Waals surface area contributed by atoms with E-state index in [1.807, 2.05) is 4.90 Å². The van der Waals surface area contributed by atoms with Crippen LogP contribution in [0, 0.1) is 5.92 Å². The first-order valence-corrected chi connectivity index (χ1v) is 11.3. The first kappa shape index (κ1) is 24.2. The largest absolute Gasteiger partial charge is 0.493 e. The zero-order valence-electron chi connectivity index (χ0n) is 19.9. The van der Waals surface area contributed by atoms with E-state index < -0.39 is 0 Å². The molecular weight excluding hydrogens is 412 g/mol. The highest BCUT2D eigenvalue weighted by Crippen LogP contribution is 2.40. The molecule has 8 nitrogen and oxygen atoms in total. The van der Waals surface area contributed by atoms with E-state index in [1.165, 1.54) is 21.3 Å². The van der Waals surface area contributed by atoms with Crippen LogP contribution in [0.1, 0.15) is 56.3 Å². The highest BCUT2D eigenvalue weighted by Gasteiger charge is 2.43. The number of piperidine rings is 1. The summed E-state index contributed by atoms with van der Waals surface area (Å²) in [5, 5.41) is 2.97. The van der Waals surface area contributed by atoms with Gasteiger partial charge in [0.1, 0.15) is 0 Å². The Labute approximate surface area is 190 Å². The van der Waals surface area contributed by atoms with Gasteiger partial charge in [0.15, 0.2) is 11.5 Å². The van der Waals surface area contributed by atoms with Gasteiger partial charge in [-0.25, -0.2) is 0 Å². The number of ether oxygens (including phenoxy) is 4. The third-order valence-corrected chi connectivity index (χ3v) is 6.39. The first-order chi connectivity index (χ1) is 15.3. The van der Waals surface area contributed by atoms with Gasteiger partial charge < -0.3 is 29.2 Å². The molecule has 1 unspecified atom stereocenters. The van der Waals surface area contributed by atoms with Crippen LogP contribution in [0.3, 0.4) is 0 Å². The van der Waals surface area contributed by atoms with Crippen LogP contribution in [-0.4, -0.2) is 69.4 Å². The molecule has 2 aliphatic heterocycles. The van der Waals surface area contributed by atoms with Gasteiger partial charge in [0.2, 0.25) is 11.7 Å². The minimum absolute atomic E-state index is 0.0389. The van der Waals surface area contributed by atoms with Gasteiger partial charge in [-0.15, -0.1) is 0 Å². The first-order valence-electron chi connectivity index (χ1n) is 11.3. The van der Waals surface area contributed by atoms with Crippen LogP contribution in [-0.2, 0) is 9.53 Å². The lowest BCUT2D eigenvalue weighted by Crippen LogP contribution is -2.47. The summed E-state index contributed by atoms with van der Waals surface area (Å²) in [4.78, 5) is 27.1. The molecule has 8 heteroatoms. The molecule has 2 saturated heterocycles. The molecule has 0 saturated carbocycles. The minimum atomic E-state index is -0.249. The molecule has 32 heavy (non-hydrogen) atoms. The number of hydrogen-bond acceptors (Lipinski definition) is 6. The fourth-order valence-electron chi connectivity index (χ4n) is 4.63. The van der Waals surface area contributed by atoms with Crippen LogP contribution in [0.15, 0.2) is 12.1 Å². The molecule has 2 fully saturated rings. The standard InChI is InChI=1S/C24H36N2O6/c1-16(2)14-20(27)26-12-10-24(11-13-26)9-8-17(32-24)15-25-23(28)18-6-7-19(29-3)22(31-5)21(18)30-4/h6-7,16-17H,8-15H2,1-5H3,(H,25,28). The third-order valence-electron chi connectivity index (χ3n) is 6.39. The molecule has 0 aromatic heterocycles. The van der Waals surface area contributed by atoms with Crippen molar-refractivity contribution in [3.05, 3.63) is 17.7 Å². The second-order valence-corrected chi connectivity index (χ2v) is 9.03. The van der Waals surface area contributed by atoms with E-state index in [1.54, 1.807) is 12.1 Å². The summed E-state index contributed by atoms with van der Waals surface area (Å²) in [5.74, 6) is 1.59. The van der Waals surface area contributed by atoms with Crippen molar-refractivity contribution in [3.63, 3.8) is 0 Å². The fraction of sp³-hybridized carbons (Fsp3) is 0.667. The maximum atomic E-state index is 12.8. The predicted octanol–water partition coefficient (Wildman–Crippen LogP) is 3.03. The number of carbonyl (C=O) groups excluding carboxylic acids is 2. The summed E-state index contributed by atoms with van der Waals surface area (Å²) < 4.78 is 22.5. The number of nitrogens with zero attached hydrogens (tertiary/aromatic N) is 1. The number of carbonyl (C=O) groups is 2. The molecule has 0 aliphatic carbocycles. The van der Waals surface area contributed by atoms with Crippen LogP contribution < -0.4 is 19.5 Å². The van der Waals surface area contributed by atoms with E-state index in [-0.39, 0.29) is 23.5 Å². The van der Waals surface area contributed by atoms with Crippen molar-refractivity contribution < 1.29 is 28.5 Å². The van der Waals surface area contributed by atoms with Gasteiger partial charge in [0.25, 0.3) is 5.91 Å². The Morgan fingerprint density at radius 3 is 2.38 bits per heavy atom. The number of methoxy groups -OCH3 is 3. The molecule has 2 amide bonds. The summed E-state index contributed by atoms with van der Waals surface area (Å²) in [6, 6.07) is 3.35. The molecule has 178 valence electrons. The van der Waals surface area contributed by atoms with E-state index in [2.05, 4.69) is 19.2 Å². The molecule has 0 radical (unpaired) electrons. The zero-order valence-corrected chi connectivity index (χ0v) is 19.9. The van der Waals surface area contributed by atoms with Crippen molar-refractivity contribution in [1.82, 2.24) is 10.2 Å². The van der Waals surface area contributed by atoms with Crippen LogP contribution in [0.4, 0.5) is 0 Å². The molecule has 1 atom stereocenters. The Balaban J connectivity index is 1.54. The van der Waals surface area contributed by atoms with Gasteiger partial charge in [-0.3, -0.25) is 9.59 Å². The molecule has 2 heterocycles. The van der Waals surface area contributed by atoms with Gasteiger partial charge in [0, 0.05) is 26.1 Å². The third kappa shape index (κ3) is 5.28. The van der Waals surface area contributed by atoms with Crippen LogP contribution in [0.2, 0.25) is 0 Å². The van der Waals surface area contributed by atoms with Crippen molar-refractivity contribution in [1.29, 1.82) is 0 Å². The monoisotopic (exact) mass is 448 g/mol. The van der Waals surface area contributed by atoms with E-state index >= 15 is 0 Å². The molecule has 1 aromatic rings. The second-order valence-electron chi connectivity index (χ2n) is 9.03. The number of amides is 2. The Hall–Kier alpha value is -2.48. The van der Waals surface area contributed by atoms with Gasteiger partial charge in [0.05, 0.1) is 38.6 Å². The lowest BCUT2D eigenvalue weighted by atomic mass is 9.88. The van der Waals surface area contributed by atoms with Gasteiger partial charge >= 0.3 is 0 Å². The van der Waals surface area contributed by atoms with E-state index in [4.69, 9.17) is 18.9 Å². The van der Waals surface area contributed by atoms with Gasteiger partial charge in [-0.1, -0.05) is 13.8 Å². The summed E-state index contributed by atoms with van der Waals surface area (Å²) in [7, 11) is 4.54. The predicted molar refractivity (Wildman–Crippen MR) is 121 cm³/mol. The number of benzene rings is 1. The second kappa shape index (κ2) is 10.4. The summed E-state index contributed by atoms with van der Waals surface area (Å²) >= 11 is 0. The molecular formula is C24H36N2O6. The molecule has 1 spiro atoms. The lowest BCUT2D eigenvalue weighted by Gasteiger charge is -2.39. The van der Waals surface area contributed by atoms with Crippen molar-refractivity contribution in [3.8, 4) is 17.2 Å². The van der Waals surface area contributed by atoms with Gasteiger partial charge in [-0.2, -0.15) is 0 Å². The molecule has 0 bridgehead atoms. The Bertz CT molecular complexity index is 817. The average molecular weight is 449 g/mol. The van der Waals surface area contributed by atoms with Crippen molar-refractivity contribution in [2.45, 2.75) is 57.7 Å². The number of rotatable bonds is 8. The molecule has 1 N–H and O–H groups in total. The molecule has 2 aliphatic rings. The molecule has 1 aromatic carbocycles. The van der Waals surface area contributed by atoms with Gasteiger partial charge in [-0.05, 0) is 43.7 Å². The zero-order chi connectivity index (χ0) is 23.3. The Morgan fingerprint density at radius 1 is 1.09 bits per heavy atom. The number of nitrogens with one attached hydrogen (secondary N) is 1. The quantitative estimate of drug-likeness (QED) is 0.658. The highest BCUT2D eigenvalue weighted by atomic mass is 16.5. The maximum absolute atomic E-state index is 12.8. The SMILES string of the molecule is COc1ccc(C(=O)NCC2CCC3(CCN(C(=O)CC(C)C)CC3)O2)c(OC)c1OC. The van der Waals surface area contributed by atoms with Crippen LogP contribution in [0.5, 0.6) is 17.2 Å². The van der Waals surface area contributed by atoms with Crippen molar-refractivity contribution in [2.24, 2.45) is 5.92 Å². The lowest BCUT2D eigenvalue weighted by molar-refractivity contribution is -0.138. The Morgan fingerprint density at radius 2 is 1.78 bits per heavy atom. The summed E-state index contributed by atoms with van der Waals surface area (Å²) in [5.41, 5.74) is 0.209. The van der Waals surface area contributed by atoms with E-state index in [9.17, 15) is 9.59 Å². The smallest absolute Gasteiger partial charge is 0.255 e.